The topological polar surface area (TPSA) is 38.3 Å². The molecule has 4 heteroatoms. The van der Waals surface area contributed by atoms with Gasteiger partial charge in [0.15, 0.2) is 0 Å². The average molecular weight is 327 g/mol. The van der Waals surface area contributed by atoms with Crippen LogP contribution in [0.4, 0.5) is 4.39 Å². The van der Waals surface area contributed by atoms with Gasteiger partial charge in [-0.3, -0.25) is 4.79 Å². The van der Waals surface area contributed by atoms with E-state index in [-0.39, 0.29) is 23.6 Å². The smallest absolute Gasteiger partial charge is 0.223 e. The van der Waals surface area contributed by atoms with E-state index in [0.717, 1.165) is 29.7 Å². The number of carbonyl (C=O) groups is 1. The number of hydrogen-bond donors (Lipinski definition) is 1. The highest BCUT2D eigenvalue weighted by Crippen LogP contribution is 2.47. The van der Waals surface area contributed by atoms with Crippen molar-refractivity contribution in [2.75, 3.05) is 13.7 Å². The maximum atomic E-state index is 13.0. The van der Waals surface area contributed by atoms with Gasteiger partial charge >= 0.3 is 0 Å². The molecule has 1 aliphatic carbocycles. The molecule has 24 heavy (non-hydrogen) atoms. The number of ether oxygens (including phenoxy) is 1. The summed E-state index contributed by atoms with van der Waals surface area (Å²) in [5, 5.41) is 3.01. The third-order valence-electron chi connectivity index (χ3n) is 4.55. The van der Waals surface area contributed by atoms with Gasteiger partial charge in [-0.15, -0.1) is 0 Å². The summed E-state index contributed by atoms with van der Waals surface area (Å²) in [6.45, 7) is 2.63. The second kappa shape index (κ2) is 7.04. The summed E-state index contributed by atoms with van der Waals surface area (Å²) in [6, 6.07) is 12.5. The fourth-order valence-electron chi connectivity index (χ4n) is 3.12. The van der Waals surface area contributed by atoms with Crippen molar-refractivity contribution >= 4 is 5.91 Å². The Hall–Kier alpha value is -2.36. The second-order valence-corrected chi connectivity index (χ2v) is 6.36. The van der Waals surface area contributed by atoms with Crippen LogP contribution in [-0.4, -0.2) is 19.6 Å². The first kappa shape index (κ1) is 16.5. The minimum absolute atomic E-state index is 0.00914. The van der Waals surface area contributed by atoms with Gasteiger partial charge in [-0.2, -0.15) is 0 Å². The molecule has 0 heterocycles. The van der Waals surface area contributed by atoms with Crippen molar-refractivity contribution in [3.63, 3.8) is 0 Å². The number of methoxy groups -OCH3 is 1. The third kappa shape index (κ3) is 3.75. The summed E-state index contributed by atoms with van der Waals surface area (Å²) in [6.07, 6.45) is 1.58. The molecule has 2 aromatic rings. The average Bonchev–Trinajstić information content (AvgIpc) is 3.36. The molecule has 0 aliphatic heterocycles. The van der Waals surface area contributed by atoms with Crippen LogP contribution in [0.25, 0.3) is 0 Å². The van der Waals surface area contributed by atoms with Gasteiger partial charge in [0.2, 0.25) is 5.91 Å². The van der Waals surface area contributed by atoms with Crippen LogP contribution >= 0.6 is 0 Å². The monoisotopic (exact) mass is 327 g/mol. The minimum atomic E-state index is -0.243. The number of halogens is 1. The summed E-state index contributed by atoms with van der Waals surface area (Å²) in [5.41, 5.74) is 3.32. The van der Waals surface area contributed by atoms with Crippen LogP contribution in [0.15, 0.2) is 42.5 Å². The van der Waals surface area contributed by atoms with Crippen LogP contribution in [0.1, 0.15) is 29.0 Å². The van der Waals surface area contributed by atoms with Gasteiger partial charge in [-0.1, -0.05) is 29.8 Å². The van der Waals surface area contributed by atoms with Crippen molar-refractivity contribution in [3.8, 4) is 5.75 Å². The molecule has 3 rings (SSSR count). The maximum absolute atomic E-state index is 13.0. The Morgan fingerprint density at radius 3 is 2.71 bits per heavy atom. The lowest BCUT2D eigenvalue weighted by Crippen LogP contribution is -2.27. The Bertz CT molecular complexity index is 727. The van der Waals surface area contributed by atoms with E-state index in [9.17, 15) is 9.18 Å². The van der Waals surface area contributed by atoms with Crippen molar-refractivity contribution in [3.05, 3.63) is 65.0 Å². The largest absolute Gasteiger partial charge is 0.496 e. The molecule has 0 radical (unpaired) electrons. The number of aryl methyl sites for hydroxylation is 1. The highest BCUT2D eigenvalue weighted by atomic mass is 19.1. The lowest BCUT2D eigenvalue weighted by Gasteiger charge is -2.10. The first-order valence-corrected chi connectivity index (χ1v) is 8.25. The van der Waals surface area contributed by atoms with E-state index < -0.39 is 0 Å². The number of benzene rings is 2. The van der Waals surface area contributed by atoms with E-state index in [1.165, 1.54) is 17.7 Å². The van der Waals surface area contributed by atoms with Crippen molar-refractivity contribution in [1.82, 2.24) is 5.32 Å². The van der Waals surface area contributed by atoms with E-state index in [1.807, 2.05) is 19.1 Å². The molecule has 0 spiro atoms. The number of nitrogens with one attached hydrogen (secondary N) is 1. The molecule has 3 nitrogen and oxygen atoms in total. The van der Waals surface area contributed by atoms with Crippen LogP contribution in [0.5, 0.6) is 5.75 Å². The molecule has 0 saturated heterocycles. The van der Waals surface area contributed by atoms with E-state index in [2.05, 4.69) is 11.4 Å². The number of rotatable bonds is 6. The molecule has 0 aromatic heterocycles. The minimum Gasteiger partial charge on any atom is -0.496 e. The summed E-state index contributed by atoms with van der Waals surface area (Å²) < 4.78 is 18.3. The SMILES string of the molecule is COc1ccc(C)cc1CCNC(=O)C1CC1c1ccc(F)cc1. The Morgan fingerprint density at radius 2 is 2.00 bits per heavy atom. The molecular formula is C20H22FNO2. The van der Waals surface area contributed by atoms with Crippen molar-refractivity contribution in [2.24, 2.45) is 5.92 Å². The van der Waals surface area contributed by atoms with Crippen LogP contribution < -0.4 is 10.1 Å². The molecule has 1 aliphatic rings. The van der Waals surface area contributed by atoms with E-state index in [1.54, 1.807) is 19.2 Å². The Balaban J connectivity index is 1.50. The van der Waals surface area contributed by atoms with Crippen LogP contribution in [0.2, 0.25) is 0 Å². The van der Waals surface area contributed by atoms with Crippen LogP contribution in [-0.2, 0) is 11.2 Å². The zero-order valence-corrected chi connectivity index (χ0v) is 14.0. The van der Waals surface area contributed by atoms with E-state index in [0.29, 0.717) is 6.54 Å². The van der Waals surface area contributed by atoms with Gasteiger partial charge < -0.3 is 10.1 Å². The van der Waals surface area contributed by atoms with E-state index in [4.69, 9.17) is 4.74 Å². The standard InChI is InChI=1S/C20H22FNO2/c1-13-3-8-19(24-2)15(11-13)9-10-22-20(23)18-12-17(18)14-4-6-16(21)7-5-14/h3-8,11,17-18H,9-10,12H2,1-2H3,(H,22,23). The third-order valence-corrected chi connectivity index (χ3v) is 4.55. The van der Waals surface area contributed by atoms with Gasteiger partial charge in [-0.25, -0.2) is 4.39 Å². The highest BCUT2D eigenvalue weighted by molar-refractivity contribution is 5.82. The van der Waals surface area contributed by atoms with Gasteiger partial charge in [0, 0.05) is 12.5 Å². The van der Waals surface area contributed by atoms with Gasteiger partial charge in [-0.05, 0) is 55.0 Å². The first-order valence-electron chi connectivity index (χ1n) is 8.25. The van der Waals surface area contributed by atoms with Crippen LogP contribution in [0.3, 0.4) is 0 Å². The van der Waals surface area contributed by atoms with Crippen molar-refractivity contribution in [2.45, 2.75) is 25.7 Å². The molecule has 126 valence electrons. The predicted molar refractivity (Wildman–Crippen MR) is 91.7 cm³/mol. The number of carbonyl (C=O) groups excluding carboxylic acids is 1. The van der Waals surface area contributed by atoms with Gasteiger partial charge in [0.05, 0.1) is 7.11 Å². The molecule has 2 atom stereocenters. The molecule has 1 N–H and O–H groups in total. The molecule has 1 amide bonds. The van der Waals surface area contributed by atoms with Gasteiger partial charge in [0.25, 0.3) is 0 Å². The molecule has 2 aromatic carbocycles. The molecule has 0 bridgehead atoms. The van der Waals surface area contributed by atoms with E-state index >= 15 is 0 Å². The maximum Gasteiger partial charge on any atom is 0.223 e. The van der Waals surface area contributed by atoms with Crippen molar-refractivity contribution in [1.29, 1.82) is 0 Å². The first-order chi connectivity index (χ1) is 11.6. The molecule has 1 saturated carbocycles. The summed E-state index contributed by atoms with van der Waals surface area (Å²) in [7, 11) is 1.66. The lowest BCUT2D eigenvalue weighted by molar-refractivity contribution is -0.122. The number of amides is 1. The summed E-state index contributed by atoms with van der Waals surface area (Å²) >= 11 is 0. The summed E-state index contributed by atoms with van der Waals surface area (Å²) in [4.78, 5) is 12.3. The highest BCUT2D eigenvalue weighted by Gasteiger charge is 2.43. The molecular weight excluding hydrogens is 305 g/mol. The van der Waals surface area contributed by atoms with Crippen LogP contribution in [0, 0.1) is 18.7 Å². The Morgan fingerprint density at radius 1 is 1.25 bits per heavy atom. The van der Waals surface area contributed by atoms with Gasteiger partial charge in [0.1, 0.15) is 11.6 Å². The fourth-order valence-corrected chi connectivity index (χ4v) is 3.12. The normalized spacial score (nSPS) is 19.0. The Labute approximate surface area is 141 Å². The molecule has 1 fully saturated rings. The quantitative estimate of drug-likeness (QED) is 0.880. The summed E-state index contributed by atoms with van der Waals surface area (Å²) in [5.74, 6) is 0.919. The number of hydrogen-bond acceptors (Lipinski definition) is 2. The Kier molecular flexibility index (Phi) is 4.84. The van der Waals surface area contributed by atoms with Crippen molar-refractivity contribution < 1.29 is 13.9 Å². The second-order valence-electron chi connectivity index (χ2n) is 6.36. The predicted octanol–water partition coefficient (Wildman–Crippen LogP) is 3.61. The zero-order chi connectivity index (χ0) is 17.1. The zero-order valence-electron chi connectivity index (χ0n) is 14.0. The lowest BCUT2D eigenvalue weighted by atomic mass is 10.1. The molecule has 2 unspecified atom stereocenters. The fraction of sp³-hybridized carbons (Fsp3) is 0.350.